The van der Waals surface area contributed by atoms with Gasteiger partial charge in [0.2, 0.25) is 0 Å². The van der Waals surface area contributed by atoms with E-state index in [1.54, 1.807) is 7.11 Å². The molecule has 0 saturated heterocycles. The summed E-state index contributed by atoms with van der Waals surface area (Å²) in [6, 6.07) is 13.4. The van der Waals surface area contributed by atoms with Gasteiger partial charge in [-0.05, 0) is 30.3 Å². The number of carbonyl (C=O) groups is 1. The van der Waals surface area contributed by atoms with Crippen LogP contribution in [-0.2, 0) is 6.42 Å². The standard InChI is InChI=1S/C16H12BrNO2S/c1-20-14-7-6-11(17)8-10(14)9-13(19)16-18-12-4-2-3-5-15(12)21-16/h2-8H,9H2,1H3. The first kappa shape index (κ1) is 14.2. The van der Waals surface area contributed by atoms with Gasteiger partial charge in [0, 0.05) is 16.5 Å². The van der Waals surface area contributed by atoms with Crippen LogP contribution in [0.5, 0.6) is 5.75 Å². The normalized spacial score (nSPS) is 10.8. The second kappa shape index (κ2) is 5.95. The number of nitrogens with zero attached hydrogens (tertiary/aromatic N) is 1. The van der Waals surface area contributed by atoms with Gasteiger partial charge in [0.25, 0.3) is 0 Å². The first-order valence-electron chi connectivity index (χ1n) is 6.38. The van der Waals surface area contributed by atoms with Crippen molar-refractivity contribution in [1.82, 2.24) is 4.98 Å². The van der Waals surface area contributed by atoms with E-state index in [1.165, 1.54) is 11.3 Å². The fourth-order valence-electron chi connectivity index (χ4n) is 2.13. The van der Waals surface area contributed by atoms with Crippen molar-refractivity contribution in [2.45, 2.75) is 6.42 Å². The molecule has 3 rings (SSSR count). The lowest BCUT2D eigenvalue weighted by atomic mass is 10.1. The summed E-state index contributed by atoms with van der Waals surface area (Å²) in [5.41, 5.74) is 1.73. The van der Waals surface area contributed by atoms with Crippen LogP contribution in [0.4, 0.5) is 0 Å². The minimum atomic E-state index is 0.00704. The van der Waals surface area contributed by atoms with Gasteiger partial charge in [-0.15, -0.1) is 11.3 Å². The first-order chi connectivity index (χ1) is 10.2. The number of Topliss-reactive ketones (excluding diaryl/α,β-unsaturated/α-hetero) is 1. The molecular formula is C16H12BrNO2S. The summed E-state index contributed by atoms with van der Waals surface area (Å²) in [5, 5.41) is 0.540. The fourth-order valence-corrected chi connectivity index (χ4v) is 3.44. The van der Waals surface area contributed by atoms with Crippen LogP contribution in [0.1, 0.15) is 15.4 Å². The van der Waals surface area contributed by atoms with Crippen molar-refractivity contribution >= 4 is 43.3 Å². The van der Waals surface area contributed by atoms with Gasteiger partial charge in [0.05, 0.1) is 17.3 Å². The molecule has 0 saturated carbocycles. The van der Waals surface area contributed by atoms with Crippen molar-refractivity contribution in [3.05, 3.63) is 57.5 Å². The number of ketones is 1. The van der Waals surface area contributed by atoms with Crippen LogP contribution in [0.2, 0.25) is 0 Å². The largest absolute Gasteiger partial charge is 0.496 e. The number of hydrogen-bond donors (Lipinski definition) is 0. The van der Waals surface area contributed by atoms with Crippen LogP contribution >= 0.6 is 27.3 Å². The van der Waals surface area contributed by atoms with E-state index in [-0.39, 0.29) is 12.2 Å². The van der Waals surface area contributed by atoms with E-state index < -0.39 is 0 Å². The van der Waals surface area contributed by atoms with Crippen LogP contribution < -0.4 is 4.74 Å². The molecule has 2 aromatic carbocycles. The number of ether oxygens (including phenoxy) is 1. The molecule has 21 heavy (non-hydrogen) atoms. The smallest absolute Gasteiger partial charge is 0.195 e. The third-order valence-electron chi connectivity index (χ3n) is 3.13. The number of para-hydroxylation sites is 1. The Morgan fingerprint density at radius 2 is 2.10 bits per heavy atom. The SMILES string of the molecule is COc1ccc(Br)cc1CC(=O)c1nc2ccccc2s1. The van der Waals surface area contributed by atoms with E-state index in [4.69, 9.17) is 4.74 Å². The van der Waals surface area contributed by atoms with E-state index in [1.807, 2.05) is 42.5 Å². The molecule has 0 N–H and O–H groups in total. The van der Waals surface area contributed by atoms with Crippen molar-refractivity contribution in [3.8, 4) is 5.75 Å². The molecule has 5 heteroatoms. The summed E-state index contributed by atoms with van der Waals surface area (Å²) in [7, 11) is 1.61. The minimum Gasteiger partial charge on any atom is -0.496 e. The Bertz CT molecular complexity index is 780. The zero-order valence-corrected chi connectivity index (χ0v) is 13.7. The molecule has 0 amide bonds. The second-order valence-electron chi connectivity index (χ2n) is 4.54. The predicted molar refractivity (Wildman–Crippen MR) is 88.3 cm³/mol. The minimum absolute atomic E-state index is 0.00704. The van der Waals surface area contributed by atoms with Gasteiger partial charge in [-0.2, -0.15) is 0 Å². The van der Waals surface area contributed by atoms with Crippen molar-refractivity contribution in [2.75, 3.05) is 7.11 Å². The summed E-state index contributed by atoms with van der Waals surface area (Å²) in [4.78, 5) is 16.8. The van der Waals surface area contributed by atoms with E-state index in [0.717, 1.165) is 20.3 Å². The highest BCUT2D eigenvalue weighted by molar-refractivity contribution is 9.10. The number of fused-ring (bicyclic) bond motifs is 1. The molecule has 0 spiro atoms. The topological polar surface area (TPSA) is 39.2 Å². The Hall–Kier alpha value is -1.72. The molecule has 3 aromatic rings. The zero-order chi connectivity index (χ0) is 14.8. The quantitative estimate of drug-likeness (QED) is 0.642. The molecule has 0 aliphatic rings. The third kappa shape index (κ3) is 2.99. The molecule has 1 aromatic heterocycles. The molecule has 0 radical (unpaired) electrons. The highest BCUT2D eigenvalue weighted by Crippen LogP contribution is 2.27. The lowest BCUT2D eigenvalue weighted by Crippen LogP contribution is -2.04. The Kier molecular flexibility index (Phi) is 4.03. The molecular weight excluding hydrogens is 350 g/mol. The van der Waals surface area contributed by atoms with Gasteiger partial charge in [0.15, 0.2) is 10.8 Å². The van der Waals surface area contributed by atoms with Crippen molar-refractivity contribution in [2.24, 2.45) is 0 Å². The Morgan fingerprint density at radius 3 is 2.86 bits per heavy atom. The summed E-state index contributed by atoms with van der Waals surface area (Å²) in [6.45, 7) is 0. The molecule has 3 nitrogen and oxygen atoms in total. The number of halogens is 1. The number of hydrogen-bond acceptors (Lipinski definition) is 4. The average molecular weight is 362 g/mol. The van der Waals surface area contributed by atoms with E-state index >= 15 is 0 Å². The Morgan fingerprint density at radius 1 is 1.29 bits per heavy atom. The lowest BCUT2D eigenvalue weighted by molar-refractivity contribution is 0.0992. The number of carbonyl (C=O) groups excluding carboxylic acids is 1. The maximum atomic E-state index is 12.4. The molecule has 0 aliphatic carbocycles. The molecule has 0 bridgehead atoms. The number of aromatic nitrogens is 1. The molecule has 106 valence electrons. The van der Waals surface area contributed by atoms with Crippen LogP contribution in [0.3, 0.4) is 0 Å². The molecule has 0 atom stereocenters. The van der Waals surface area contributed by atoms with Gasteiger partial charge in [-0.1, -0.05) is 28.1 Å². The maximum absolute atomic E-state index is 12.4. The van der Waals surface area contributed by atoms with Gasteiger partial charge < -0.3 is 4.74 Å². The molecule has 0 aliphatic heterocycles. The summed E-state index contributed by atoms with van der Waals surface area (Å²) < 4.78 is 7.26. The van der Waals surface area contributed by atoms with Gasteiger partial charge in [0.1, 0.15) is 5.75 Å². The summed E-state index contributed by atoms with van der Waals surface area (Å²) in [6.07, 6.45) is 0.280. The molecule has 0 unspecified atom stereocenters. The average Bonchev–Trinajstić information content (AvgIpc) is 2.91. The van der Waals surface area contributed by atoms with Crippen LogP contribution in [0, 0.1) is 0 Å². The maximum Gasteiger partial charge on any atom is 0.195 e. The predicted octanol–water partition coefficient (Wildman–Crippen LogP) is 4.49. The van der Waals surface area contributed by atoms with Crippen LogP contribution in [0.15, 0.2) is 46.9 Å². The third-order valence-corrected chi connectivity index (χ3v) is 4.70. The monoisotopic (exact) mass is 361 g/mol. The van der Waals surface area contributed by atoms with E-state index in [2.05, 4.69) is 20.9 Å². The number of rotatable bonds is 4. The fraction of sp³-hybridized carbons (Fsp3) is 0.125. The Balaban J connectivity index is 1.91. The van der Waals surface area contributed by atoms with Gasteiger partial charge in [-0.25, -0.2) is 4.98 Å². The van der Waals surface area contributed by atoms with Crippen molar-refractivity contribution in [3.63, 3.8) is 0 Å². The second-order valence-corrected chi connectivity index (χ2v) is 6.49. The lowest BCUT2D eigenvalue weighted by Gasteiger charge is -2.07. The summed E-state index contributed by atoms with van der Waals surface area (Å²) in [5.74, 6) is 0.722. The van der Waals surface area contributed by atoms with Gasteiger partial charge in [-0.3, -0.25) is 4.79 Å². The highest BCUT2D eigenvalue weighted by atomic mass is 79.9. The van der Waals surface area contributed by atoms with Crippen LogP contribution in [-0.4, -0.2) is 17.9 Å². The zero-order valence-electron chi connectivity index (χ0n) is 11.3. The van der Waals surface area contributed by atoms with Gasteiger partial charge >= 0.3 is 0 Å². The van der Waals surface area contributed by atoms with Crippen LogP contribution in [0.25, 0.3) is 10.2 Å². The van der Waals surface area contributed by atoms with Crippen molar-refractivity contribution < 1.29 is 9.53 Å². The number of benzene rings is 2. The van der Waals surface area contributed by atoms with E-state index in [0.29, 0.717) is 10.8 Å². The summed E-state index contributed by atoms with van der Waals surface area (Å²) >= 11 is 4.85. The number of thiazole rings is 1. The van der Waals surface area contributed by atoms with E-state index in [9.17, 15) is 4.79 Å². The molecule has 0 fully saturated rings. The molecule has 1 heterocycles. The number of methoxy groups -OCH3 is 1. The first-order valence-corrected chi connectivity index (χ1v) is 7.99. The highest BCUT2D eigenvalue weighted by Gasteiger charge is 2.15. The Labute approximate surface area is 134 Å². The van der Waals surface area contributed by atoms with Crippen molar-refractivity contribution in [1.29, 1.82) is 0 Å².